The van der Waals surface area contributed by atoms with E-state index in [4.69, 9.17) is 14.5 Å². The van der Waals surface area contributed by atoms with Crippen molar-refractivity contribution in [2.75, 3.05) is 37.8 Å². The van der Waals surface area contributed by atoms with Crippen molar-refractivity contribution in [2.24, 2.45) is 0 Å². The number of imidazole rings is 1. The average Bonchev–Trinajstić information content (AvgIpc) is 3.37. The van der Waals surface area contributed by atoms with Gasteiger partial charge in [-0.05, 0) is 19.9 Å². The summed E-state index contributed by atoms with van der Waals surface area (Å²) in [5, 5.41) is 8.13. The number of carbonyl (C=O) groups is 1. The van der Waals surface area contributed by atoms with Crippen molar-refractivity contribution in [3.05, 3.63) is 42.0 Å². The van der Waals surface area contributed by atoms with Crippen molar-refractivity contribution in [1.82, 2.24) is 24.6 Å². The highest BCUT2D eigenvalue weighted by atomic mass is 16.5. The first-order valence-corrected chi connectivity index (χ1v) is 9.99. The molecule has 0 bridgehead atoms. The van der Waals surface area contributed by atoms with Crippen molar-refractivity contribution in [1.29, 1.82) is 0 Å². The number of carbonyl (C=O) groups excluding carboxylic acids is 1. The third-order valence-corrected chi connectivity index (χ3v) is 5.30. The molecule has 1 aromatic carbocycles. The van der Waals surface area contributed by atoms with Crippen LogP contribution in [0.3, 0.4) is 0 Å². The Morgan fingerprint density at radius 2 is 2.10 bits per heavy atom. The van der Waals surface area contributed by atoms with Crippen molar-refractivity contribution >= 4 is 28.3 Å². The molecule has 30 heavy (non-hydrogen) atoms. The van der Waals surface area contributed by atoms with Gasteiger partial charge in [-0.25, -0.2) is 14.8 Å². The van der Waals surface area contributed by atoms with Crippen LogP contribution in [0, 0.1) is 6.92 Å². The number of H-pyrrole nitrogens is 1. The number of rotatable bonds is 4. The normalized spacial score (nSPS) is 14.5. The summed E-state index contributed by atoms with van der Waals surface area (Å²) < 4.78 is 12.6. The maximum Gasteiger partial charge on any atom is 0.357 e. The molecule has 1 N–H and O–H groups in total. The Labute approximate surface area is 172 Å². The van der Waals surface area contributed by atoms with E-state index in [2.05, 4.69) is 20.1 Å². The van der Waals surface area contributed by atoms with Gasteiger partial charge in [0, 0.05) is 30.2 Å². The fourth-order valence-corrected chi connectivity index (χ4v) is 3.90. The highest BCUT2D eigenvalue weighted by Gasteiger charge is 2.25. The Morgan fingerprint density at radius 1 is 1.27 bits per heavy atom. The SMILES string of the molecule is CCOC(=O)c1c(C)nc2c(N3CCOCC3)nc(-c3cccc4[nH]ncc34)cn12. The van der Waals surface area contributed by atoms with E-state index in [1.54, 1.807) is 17.5 Å². The maximum atomic E-state index is 12.7. The van der Waals surface area contributed by atoms with E-state index in [9.17, 15) is 4.79 Å². The number of hydrogen-bond acceptors (Lipinski definition) is 7. The predicted molar refractivity (Wildman–Crippen MR) is 112 cm³/mol. The molecule has 0 atom stereocenters. The highest BCUT2D eigenvalue weighted by Crippen LogP contribution is 2.31. The van der Waals surface area contributed by atoms with E-state index in [1.807, 2.05) is 31.3 Å². The number of aryl methyl sites for hydroxylation is 1. The Kier molecular flexibility index (Phi) is 4.59. The largest absolute Gasteiger partial charge is 0.461 e. The number of aromatic amines is 1. The van der Waals surface area contributed by atoms with Crippen molar-refractivity contribution in [2.45, 2.75) is 13.8 Å². The van der Waals surface area contributed by atoms with Crippen LogP contribution in [0.4, 0.5) is 5.82 Å². The Morgan fingerprint density at radius 3 is 2.90 bits per heavy atom. The summed E-state index contributed by atoms with van der Waals surface area (Å²) in [4.78, 5) is 24.5. The second kappa shape index (κ2) is 7.42. The van der Waals surface area contributed by atoms with Gasteiger partial charge in [-0.3, -0.25) is 9.50 Å². The molecule has 1 aliphatic heterocycles. The minimum atomic E-state index is -0.394. The molecule has 0 radical (unpaired) electrons. The van der Waals surface area contributed by atoms with Crippen LogP contribution in [0.5, 0.6) is 0 Å². The zero-order chi connectivity index (χ0) is 20.7. The first-order chi connectivity index (χ1) is 14.7. The van der Waals surface area contributed by atoms with Crippen LogP contribution >= 0.6 is 0 Å². The van der Waals surface area contributed by atoms with Gasteiger partial charge in [0.1, 0.15) is 0 Å². The Bertz CT molecular complexity index is 1240. The molecule has 9 nitrogen and oxygen atoms in total. The van der Waals surface area contributed by atoms with Crippen molar-refractivity contribution in [3.63, 3.8) is 0 Å². The molecule has 0 unspecified atom stereocenters. The Hall–Kier alpha value is -3.46. The van der Waals surface area contributed by atoms with E-state index in [-0.39, 0.29) is 0 Å². The molecular formula is C21H22N6O3. The summed E-state index contributed by atoms with van der Waals surface area (Å²) in [6.45, 7) is 6.58. The van der Waals surface area contributed by atoms with Gasteiger partial charge in [-0.15, -0.1) is 0 Å². The van der Waals surface area contributed by atoms with E-state index >= 15 is 0 Å². The molecule has 154 valence electrons. The molecule has 4 heterocycles. The van der Waals surface area contributed by atoms with Gasteiger partial charge >= 0.3 is 5.97 Å². The number of benzene rings is 1. The second-order valence-corrected chi connectivity index (χ2v) is 7.15. The lowest BCUT2D eigenvalue weighted by Crippen LogP contribution is -2.37. The molecule has 0 aliphatic carbocycles. The summed E-state index contributed by atoms with van der Waals surface area (Å²) in [6, 6.07) is 5.93. The highest BCUT2D eigenvalue weighted by molar-refractivity contribution is 5.95. The standard InChI is InChI=1S/C21H22N6O3/c1-3-30-21(28)18-13(2)23-20-19(26-7-9-29-10-8-26)24-17(12-27(18)20)14-5-4-6-16-15(14)11-22-25-16/h4-6,11-12H,3,7-10H2,1-2H3,(H,22,25). The van der Waals surface area contributed by atoms with Crippen LogP contribution in [-0.2, 0) is 9.47 Å². The first-order valence-electron chi connectivity index (χ1n) is 9.99. The number of hydrogen-bond donors (Lipinski definition) is 1. The summed E-state index contributed by atoms with van der Waals surface area (Å²) >= 11 is 0. The lowest BCUT2D eigenvalue weighted by atomic mass is 10.1. The smallest absolute Gasteiger partial charge is 0.357 e. The van der Waals surface area contributed by atoms with E-state index < -0.39 is 5.97 Å². The summed E-state index contributed by atoms with van der Waals surface area (Å²) in [5.74, 6) is 0.337. The van der Waals surface area contributed by atoms with Crippen molar-refractivity contribution in [3.8, 4) is 11.3 Å². The van der Waals surface area contributed by atoms with E-state index in [0.717, 1.165) is 28.0 Å². The number of esters is 1. The third kappa shape index (κ3) is 2.98. The minimum absolute atomic E-state index is 0.300. The number of morpholine rings is 1. The average molecular weight is 406 g/mol. The fourth-order valence-electron chi connectivity index (χ4n) is 3.90. The zero-order valence-corrected chi connectivity index (χ0v) is 16.9. The number of ether oxygens (including phenoxy) is 2. The first kappa shape index (κ1) is 18.6. The van der Waals surface area contributed by atoms with Crippen LogP contribution < -0.4 is 4.90 Å². The second-order valence-electron chi connectivity index (χ2n) is 7.15. The van der Waals surface area contributed by atoms with Crippen LogP contribution in [0.15, 0.2) is 30.6 Å². The van der Waals surface area contributed by atoms with Crippen molar-refractivity contribution < 1.29 is 14.3 Å². The minimum Gasteiger partial charge on any atom is -0.461 e. The van der Waals surface area contributed by atoms with Crippen LogP contribution in [0.2, 0.25) is 0 Å². The summed E-state index contributed by atoms with van der Waals surface area (Å²) in [5.41, 5.74) is 4.26. The summed E-state index contributed by atoms with van der Waals surface area (Å²) in [7, 11) is 0. The van der Waals surface area contributed by atoms with Gasteiger partial charge < -0.3 is 14.4 Å². The molecule has 1 saturated heterocycles. The maximum absolute atomic E-state index is 12.7. The molecule has 1 aliphatic rings. The summed E-state index contributed by atoms with van der Waals surface area (Å²) in [6.07, 6.45) is 3.64. The van der Waals surface area contributed by atoms with Gasteiger partial charge in [-0.2, -0.15) is 5.10 Å². The fraction of sp³-hybridized carbons (Fsp3) is 0.333. The number of nitrogens with one attached hydrogen (secondary N) is 1. The zero-order valence-electron chi connectivity index (χ0n) is 16.9. The number of fused-ring (bicyclic) bond motifs is 2. The Balaban J connectivity index is 1.78. The molecule has 5 rings (SSSR count). The molecule has 0 saturated carbocycles. The monoisotopic (exact) mass is 406 g/mol. The topological polar surface area (TPSA) is 97.6 Å². The number of aromatic nitrogens is 5. The van der Waals surface area contributed by atoms with E-state index in [0.29, 0.717) is 49.9 Å². The quantitative estimate of drug-likeness (QED) is 0.520. The lowest BCUT2D eigenvalue weighted by Gasteiger charge is -2.28. The molecule has 1 fully saturated rings. The number of nitrogens with zero attached hydrogens (tertiary/aromatic N) is 5. The van der Waals surface area contributed by atoms with Crippen LogP contribution in [0.1, 0.15) is 23.1 Å². The van der Waals surface area contributed by atoms with Crippen LogP contribution in [0.25, 0.3) is 27.8 Å². The third-order valence-electron chi connectivity index (χ3n) is 5.30. The van der Waals surface area contributed by atoms with Gasteiger partial charge in [0.25, 0.3) is 0 Å². The van der Waals surface area contributed by atoms with E-state index in [1.165, 1.54) is 0 Å². The van der Waals surface area contributed by atoms with Gasteiger partial charge in [-0.1, -0.05) is 12.1 Å². The molecular weight excluding hydrogens is 384 g/mol. The van der Waals surface area contributed by atoms with Gasteiger partial charge in [0.2, 0.25) is 0 Å². The molecule has 0 amide bonds. The molecule has 0 spiro atoms. The molecule has 9 heteroatoms. The van der Waals surface area contributed by atoms with Crippen LogP contribution in [-0.4, -0.2) is 63.4 Å². The number of anilines is 1. The van der Waals surface area contributed by atoms with Gasteiger partial charge in [0.15, 0.2) is 17.2 Å². The predicted octanol–water partition coefficient (Wildman–Crippen LogP) is 2.59. The molecule has 4 aromatic rings. The lowest BCUT2D eigenvalue weighted by molar-refractivity contribution is 0.0517. The van der Waals surface area contributed by atoms with Gasteiger partial charge in [0.05, 0.1) is 42.9 Å². The molecule has 3 aromatic heterocycles.